The average molecular weight is 529 g/mol. The zero-order chi connectivity index (χ0) is 21.1. The molecule has 0 aliphatic heterocycles. The lowest BCUT2D eigenvalue weighted by molar-refractivity contribution is 0.305. The van der Waals surface area contributed by atoms with Gasteiger partial charge in [-0.1, -0.05) is 50.1 Å². The second kappa shape index (κ2) is 8.81. The van der Waals surface area contributed by atoms with Crippen molar-refractivity contribution in [2.45, 2.75) is 6.61 Å². The molecule has 1 aromatic heterocycles. The molecular weight excluding hydrogens is 514 g/mol. The molecule has 3 aromatic carbocycles. The number of fused-ring (bicyclic) bond motifs is 1. The normalized spacial score (nSPS) is 11.3. The van der Waals surface area contributed by atoms with Crippen LogP contribution in [0.15, 0.2) is 90.4 Å². The van der Waals surface area contributed by atoms with Crippen LogP contribution in [-0.2, 0) is 6.61 Å². The van der Waals surface area contributed by atoms with Crippen LogP contribution in [0, 0.1) is 0 Å². The van der Waals surface area contributed by atoms with Gasteiger partial charge in [-0.2, -0.15) is 5.10 Å². The molecule has 0 saturated carbocycles. The number of aromatic nitrogens is 2. The molecule has 4 aromatic rings. The summed E-state index contributed by atoms with van der Waals surface area (Å²) in [5.41, 5.74) is 1.18. The zero-order valence-corrected chi connectivity index (χ0v) is 18.7. The van der Waals surface area contributed by atoms with Crippen molar-refractivity contribution in [3.05, 3.63) is 108 Å². The summed E-state index contributed by atoms with van der Waals surface area (Å²) in [5, 5.41) is 4.45. The molecule has 8 heteroatoms. The zero-order valence-electron chi connectivity index (χ0n) is 15.5. The lowest BCUT2D eigenvalue weighted by Gasteiger charge is -2.08. The molecule has 0 spiro atoms. The van der Waals surface area contributed by atoms with E-state index in [-0.39, 0.29) is 0 Å². The molecular formula is C22H15Br2N3O3. The van der Waals surface area contributed by atoms with Gasteiger partial charge < -0.3 is 9.72 Å². The van der Waals surface area contributed by atoms with Gasteiger partial charge in [-0.05, 0) is 54.1 Å². The average Bonchev–Trinajstić information content (AvgIpc) is 2.74. The third-order valence-electron chi connectivity index (χ3n) is 4.40. The van der Waals surface area contributed by atoms with E-state index in [1.54, 1.807) is 36.4 Å². The largest absolute Gasteiger partial charge is 0.489 e. The minimum atomic E-state index is -0.588. The van der Waals surface area contributed by atoms with Gasteiger partial charge in [0.2, 0.25) is 0 Å². The van der Waals surface area contributed by atoms with E-state index in [0.717, 1.165) is 24.7 Å². The van der Waals surface area contributed by atoms with Crippen LogP contribution in [0.5, 0.6) is 5.75 Å². The Morgan fingerprint density at radius 3 is 2.53 bits per heavy atom. The van der Waals surface area contributed by atoms with Crippen molar-refractivity contribution in [1.82, 2.24) is 9.66 Å². The summed E-state index contributed by atoms with van der Waals surface area (Å²) < 4.78 is 8.59. The van der Waals surface area contributed by atoms with Crippen LogP contribution in [0.4, 0.5) is 0 Å². The van der Waals surface area contributed by atoms with Crippen molar-refractivity contribution in [2.75, 3.05) is 0 Å². The first-order valence-electron chi connectivity index (χ1n) is 8.96. The first kappa shape index (κ1) is 20.3. The number of aromatic amines is 1. The molecule has 0 amide bonds. The van der Waals surface area contributed by atoms with E-state index < -0.39 is 11.2 Å². The van der Waals surface area contributed by atoms with Crippen LogP contribution in [-0.4, -0.2) is 15.9 Å². The molecule has 1 N–H and O–H groups in total. The molecule has 4 rings (SSSR count). The molecule has 150 valence electrons. The monoisotopic (exact) mass is 527 g/mol. The van der Waals surface area contributed by atoms with E-state index in [2.05, 4.69) is 41.9 Å². The van der Waals surface area contributed by atoms with Crippen LogP contribution in [0.25, 0.3) is 10.9 Å². The smallest absolute Gasteiger partial charge is 0.349 e. The predicted octanol–water partition coefficient (Wildman–Crippen LogP) is 4.68. The third-order valence-corrected chi connectivity index (χ3v) is 5.63. The van der Waals surface area contributed by atoms with Gasteiger partial charge in [0.1, 0.15) is 12.4 Å². The summed E-state index contributed by atoms with van der Waals surface area (Å²) in [4.78, 5) is 27.3. The second-order valence-corrected chi connectivity index (χ2v) is 8.20. The minimum absolute atomic E-state index is 0.400. The Bertz CT molecular complexity index is 1360. The standard InChI is InChI=1S/C22H15Br2N3O3/c23-16-8-7-15(19(24)11-16)13-30-17-9-5-14(6-10-17)12-25-27-21(28)18-3-1-2-4-20(18)26-22(27)29/h1-12H,13H2,(H,26,29). The van der Waals surface area contributed by atoms with Gasteiger partial charge in [-0.15, -0.1) is 4.68 Å². The van der Waals surface area contributed by atoms with Gasteiger partial charge in [-0.25, -0.2) is 4.79 Å². The summed E-state index contributed by atoms with van der Waals surface area (Å²) in [6.45, 7) is 0.420. The predicted molar refractivity (Wildman–Crippen MR) is 124 cm³/mol. The number of hydrogen-bond acceptors (Lipinski definition) is 4. The fourth-order valence-electron chi connectivity index (χ4n) is 2.83. The van der Waals surface area contributed by atoms with Gasteiger partial charge in [-0.3, -0.25) is 4.79 Å². The molecule has 0 atom stereocenters. The molecule has 0 aliphatic carbocycles. The van der Waals surface area contributed by atoms with Gasteiger partial charge in [0.25, 0.3) is 5.56 Å². The van der Waals surface area contributed by atoms with E-state index >= 15 is 0 Å². The highest BCUT2D eigenvalue weighted by Gasteiger charge is 2.06. The number of ether oxygens (including phenoxy) is 1. The van der Waals surface area contributed by atoms with Crippen LogP contribution >= 0.6 is 31.9 Å². The van der Waals surface area contributed by atoms with Gasteiger partial charge >= 0.3 is 5.69 Å². The van der Waals surface area contributed by atoms with Crippen LogP contribution in [0.3, 0.4) is 0 Å². The summed E-state index contributed by atoms with van der Waals surface area (Å²) >= 11 is 6.94. The van der Waals surface area contributed by atoms with Crippen LogP contribution in [0.1, 0.15) is 11.1 Å². The van der Waals surface area contributed by atoms with Crippen molar-refractivity contribution in [3.63, 3.8) is 0 Å². The van der Waals surface area contributed by atoms with Gasteiger partial charge in [0.05, 0.1) is 17.1 Å². The Balaban J connectivity index is 1.50. The third kappa shape index (κ3) is 4.44. The first-order valence-corrected chi connectivity index (χ1v) is 10.5. The topological polar surface area (TPSA) is 76.5 Å². The second-order valence-electron chi connectivity index (χ2n) is 6.43. The first-order chi connectivity index (χ1) is 14.5. The molecule has 0 radical (unpaired) electrons. The van der Waals surface area contributed by atoms with Crippen molar-refractivity contribution < 1.29 is 4.74 Å². The molecule has 0 bridgehead atoms. The number of benzene rings is 3. The van der Waals surface area contributed by atoms with Gasteiger partial charge in [0, 0.05) is 14.5 Å². The Kier molecular flexibility index (Phi) is 5.96. The summed E-state index contributed by atoms with van der Waals surface area (Å²) in [6.07, 6.45) is 1.46. The highest BCUT2D eigenvalue weighted by Crippen LogP contribution is 2.23. The van der Waals surface area contributed by atoms with E-state index in [1.165, 1.54) is 6.21 Å². The maximum Gasteiger partial charge on any atom is 0.349 e. The maximum atomic E-state index is 12.5. The highest BCUT2D eigenvalue weighted by atomic mass is 79.9. The lowest BCUT2D eigenvalue weighted by Crippen LogP contribution is -2.32. The number of rotatable bonds is 5. The van der Waals surface area contributed by atoms with Gasteiger partial charge in [0.15, 0.2) is 0 Å². The Hall–Kier alpha value is -2.97. The summed E-state index contributed by atoms with van der Waals surface area (Å²) in [7, 11) is 0. The Morgan fingerprint density at radius 2 is 1.77 bits per heavy atom. The Labute approximate surface area is 188 Å². The summed E-state index contributed by atoms with van der Waals surface area (Å²) in [5.74, 6) is 0.697. The minimum Gasteiger partial charge on any atom is -0.489 e. The number of nitrogens with zero attached hydrogens (tertiary/aromatic N) is 2. The van der Waals surface area contributed by atoms with Crippen molar-refractivity contribution in [3.8, 4) is 5.75 Å². The number of nitrogens with one attached hydrogen (secondary N) is 1. The molecule has 0 saturated heterocycles. The maximum absolute atomic E-state index is 12.5. The summed E-state index contributed by atoms with van der Waals surface area (Å²) in [6, 6.07) is 19.9. The quantitative estimate of drug-likeness (QED) is 0.382. The molecule has 1 heterocycles. The SMILES string of the molecule is O=c1[nH]c2ccccc2c(=O)n1N=Cc1ccc(OCc2ccc(Br)cc2Br)cc1. The molecule has 0 aliphatic rings. The van der Waals surface area contributed by atoms with E-state index in [0.29, 0.717) is 23.3 Å². The van der Waals surface area contributed by atoms with E-state index in [4.69, 9.17) is 4.74 Å². The molecule has 0 fully saturated rings. The fourth-order valence-corrected chi connectivity index (χ4v) is 3.99. The molecule has 0 unspecified atom stereocenters. The number of halogens is 2. The molecule has 30 heavy (non-hydrogen) atoms. The van der Waals surface area contributed by atoms with Crippen LogP contribution < -0.4 is 16.0 Å². The van der Waals surface area contributed by atoms with Crippen molar-refractivity contribution in [1.29, 1.82) is 0 Å². The highest BCUT2D eigenvalue weighted by molar-refractivity contribution is 9.11. The fraction of sp³-hybridized carbons (Fsp3) is 0.0455. The number of H-pyrrole nitrogens is 1. The van der Waals surface area contributed by atoms with Crippen LogP contribution in [0.2, 0.25) is 0 Å². The van der Waals surface area contributed by atoms with E-state index in [9.17, 15) is 9.59 Å². The van der Waals surface area contributed by atoms with E-state index in [1.807, 2.05) is 30.3 Å². The number of para-hydroxylation sites is 1. The Morgan fingerprint density at radius 1 is 1.00 bits per heavy atom. The lowest BCUT2D eigenvalue weighted by atomic mass is 10.2. The van der Waals surface area contributed by atoms with Crippen molar-refractivity contribution in [2.24, 2.45) is 5.10 Å². The molecule has 6 nitrogen and oxygen atoms in total. The number of hydrogen-bond donors (Lipinski definition) is 1. The van der Waals surface area contributed by atoms with Crippen molar-refractivity contribution >= 4 is 49.0 Å².